The minimum absolute atomic E-state index is 0.571. The number of methoxy groups -OCH3 is 1. The van der Waals surface area contributed by atoms with Crippen LogP contribution in [0.5, 0.6) is 0 Å². The van der Waals surface area contributed by atoms with Crippen molar-refractivity contribution in [1.29, 1.82) is 0 Å². The van der Waals surface area contributed by atoms with Gasteiger partial charge in [-0.15, -0.1) is 0 Å². The van der Waals surface area contributed by atoms with Gasteiger partial charge in [0.25, 0.3) is 0 Å². The monoisotopic (exact) mass is 185 g/mol. The van der Waals surface area contributed by atoms with E-state index in [1.54, 1.807) is 0 Å². The Kier molecular flexibility index (Phi) is 3.74. The molecule has 0 atom stereocenters. The van der Waals surface area contributed by atoms with Crippen LogP contribution in [0.3, 0.4) is 0 Å². The van der Waals surface area contributed by atoms with Gasteiger partial charge in [-0.25, -0.2) is 0 Å². The van der Waals surface area contributed by atoms with E-state index in [0.717, 1.165) is 0 Å². The molecule has 1 spiro atoms. The third-order valence-corrected chi connectivity index (χ3v) is 3.28. The second kappa shape index (κ2) is 4.43. The van der Waals surface area contributed by atoms with E-state index >= 15 is 0 Å². The summed E-state index contributed by atoms with van der Waals surface area (Å²) >= 11 is 0. The maximum absolute atomic E-state index is 5.29. The molecule has 2 nitrogen and oxygen atoms in total. The minimum Gasteiger partial charge on any atom is -0.381 e. The van der Waals surface area contributed by atoms with Gasteiger partial charge >= 0.3 is 0 Å². The summed E-state index contributed by atoms with van der Waals surface area (Å²) in [5.74, 6) is 0. The third kappa shape index (κ3) is 2.23. The van der Waals surface area contributed by atoms with Crippen LogP contribution in [0.4, 0.5) is 0 Å². The number of ether oxygens (including phenoxy) is 1. The molecule has 1 saturated carbocycles. The predicted octanol–water partition coefficient (Wildman–Crippen LogP) is 2.14. The summed E-state index contributed by atoms with van der Waals surface area (Å²) in [5.41, 5.74) is 0.662. The molecule has 0 unspecified atom stereocenters. The lowest BCUT2D eigenvalue weighted by atomic mass is 9.66. The van der Waals surface area contributed by atoms with Gasteiger partial charge in [0, 0.05) is 13.7 Å². The van der Waals surface area contributed by atoms with Crippen molar-refractivity contribution in [3.63, 3.8) is 0 Å². The fourth-order valence-corrected chi connectivity index (χ4v) is 2.56. The molecule has 1 saturated heterocycles. The zero-order valence-electron chi connectivity index (χ0n) is 9.47. The average Bonchev–Trinajstić information content (AvgIpc) is 2.48. The summed E-state index contributed by atoms with van der Waals surface area (Å²) in [5, 5.41) is 0. The largest absolute Gasteiger partial charge is 0.381 e. The molecule has 0 aromatic heterocycles. The summed E-state index contributed by atoms with van der Waals surface area (Å²) in [6.45, 7) is 6.59. The quantitative estimate of drug-likeness (QED) is 0.620. The van der Waals surface area contributed by atoms with E-state index < -0.39 is 0 Å². The van der Waals surface area contributed by atoms with Gasteiger partial charge in [0.2, 0.25) is 0 Å². The predicted molar refractivity (Wildman–Crippen MR) is 55.9 cm³/mol. The Morgan fingerprint density at radius 3 is 2.31 bits per heavy atom. The summed E-state index contributed by atoms with van der Waals surface area (Å²) < 4.78 is 5.29. The zero-order valence-corrected chi connectivity index (χ0v) is 9.47. The molecule has 0 amide bonds. The van der Waals surface area contributed by atoms with Crippen molar-refractivity contribution >= 4 is 0 Å². The molecule has 0 bridgehead atoms. The Hall–Kier alpha value is -0.0800. The summed E-state index contributed by atoms with van der Waals surface area (Å²) in [4.78, 5) is 2.44. The van der Waals surface area contributed by atoms with Crippen molar-refractivity contribution in [2.45, 2.75) is 39.2 Å². The van der Waals surface area contributed by atoms with Crippen molar-refractivity contribution < 1.29 is 4.74 Å². The maximum Gasteiger partial charge on any atom is 0.0583 e. The van der Waals surface area contributed by atoms with E-state index in [4.69, 9.17) is 4.74 Å². The van der Waals surface area contributed by atoms with E-state index in [9.17, 15) is 0 Å². The minimum atomic E-state index is 0.571. The van der Waals surface area contributed by atoms with Crippen LogP contribution in [0, 0.1) is 5.41 Å². The second-order valence-corrected chi connectivity index (χ2v) is 4.25. The van der Waals surface area contributed by atoms with Crippen LogP contribution < -0.4 is 0 Å². The van der Waals surface area contributed by atoms with E-state index in [2.05, 4.69) is 11.9 Å². The fourth-order valence-electron chi connectivity index (χ4n) is 2.56. The van der Waals surface area contributed by atoms with Gasteiger partial charge in [0.15, 0.2) is 0 Å². The summed E-state index contributed by atoms with van der Waals surface area (Å²) in [6.07, 6.45) is 4.56. The van der Waals surface area contributed by atoms with E-state index in [-0.39, 0.29) is 0 Å². The summed E-state index contributed by atoms with van der Waals surface area (Å²) in [7, 11) is 4.05. The Morgan fingerprint density at radius 1 is 1.31 bits per heavy atom. The zero-order chi connectivity index (χ0) is 9.90. The van der Waals surface area contributed by atoms with Crippen LogP contribution in [0.2, 0.25) is 0 Å². The maximum atomic E-state index is 5.29. The molecule has 1 aliphatic heterocycles. The van der Waals surface area contributed by atoms with Crippen LogP contribution in [0.15, 0.2) is 0 Å². The first-order valence-corrected chi connectivity index (χ1v) is 5.45. The van der Waals surface area contributed by atoms with E-state index in [1.807, 2.05) is 21.0 Å². The fraction of sp³-hybridized carbons (Fsp3) is 1.00. The Labute approximate surface area is 82.3 Å². The highest BCUT2D eigenvalue weighted by atomic mass is 16.5. The van der Waals surface area contributed by atoms with Crippen LogP contribution >= 0.6 is 0 Å². The molecule has 13 heavy (non-hydrogen) atoms. The van der Waals surface area contributed by atoms with Crippen LogP contribution in [-0.2, 0) is 4.74 Å². The van der Waals surface area contributed by atoms with Crippen molar-refractivity contribution in [3.8, 4) is 0 Å². The van der Waals surface area contributed by atoms with Crippen LogP contribution in [-0.4, -0.2) is 38.3 Å². The van der Waals surface area contributed by atoms with Gasteiger partial charge in [0.1, 0.15) is 0 Å². The smallest absolute Gasteiger partial charge is 0.0583 e. The molecule has 0 aromatic rings. The highest BCUT2D eigenvalue weighted by Crippen LogP contribution is 2.48. The molecule has 0 radical (unpaired) electrons. The number of nitrogens with zero attached hydrogens (tertiary/aromatic N) is 1. The molecular formula is C11H23NO. The first kappa shape index (κ1) is 11.0. The third-order valence-electron chi connectivity index (χ3n) is 3.28. The molecule has 2 rings (SSSR count). The highest BCUT2D eigenvalue weighted by Gasteiger charge is 2.47. The molecule has 0 aromatic carbocycles. The molecular weight excluding hydrogens is 162 g/mol. The molecule has 1 aliphatic carbocycles. The molecule has 1 heterocycles. The normalized spacial score (nSPS) is 38.3. The van der Waals surface area contributed by atoms with Crippen molar-refractivity contribution in [1.82, 2.24) is 4.90 Å². The lowest BCUT2D eigenvalue weighted by molar-refractivity contribution is -0.0524. The van der Waals surface area contributed by atoms with Crippen molar-refractivity contribution in [3.05, 3.63) is 0 Å². The van der Waals surface area contributed by atoms with Gasteiger partial charge in [-0.2, -0.15) is 0 Å². The Balaban J connectivity index is 0.000000396. The van der Waals surface area contributed by atoms with Crippen molar-refractivity contribution in [2.24, 2.45) is 5.41 Å². The summed E-state index contributed by atoms with van der Waals surface area (Å²) in [6, 6.07) is 0. The molecule has 2 heteroatoms. The molecule has 2 aliphatic rings. The standard InChI is InChI=1S/C9H17NO.C2H6/c1-10-4-3-9(7-10)5-8(6-9)11-2;1-2/h8H,3-7H2,1-2H3;1-2H3. The van der Waals surface area contributed by atoms with Gasteiger partial charge in [-0.1, -0.05) is 13.8 Å². The SMILES string of the molecule is CC.COC1CC2(CCN(C)C2)C1. The number of hydrogen-bond donors (Lipinski definition) is 0. The highest BCUT2D eigenvalue weighted by molar-refractivity contribution is 4.99. The lowest BCUT2D eigenvalue weighted by Gasteiger charge is -2.44. The first-order valence-electron chi connectivity index (χ1n) is 5.45. The molecule has 2 fully saturated rings. The van der Waals surface area contributed by atoms with Gasteiger partial charge in [-0.3, -0.25) is 0 Å². The topological polar surface area (TPSA) is 12.5 Å². The van der Waals surface area contributed by atoms with E-state index in [0.29, 0.717) is 11.5 Å². The van der Waals surface area contributed by atoms with Crippen LogP contribution in [0.25, 0.3) is 0 Å². The molecule has 78 valence electrons. The number of hydrogen-bond acceptors (Lipinski definition) is 2. The number of likely N-dealkylation sites (tertiary alicyclic amines) is 1. The van der Waals surface area contributed by atoms with E-state index in [1.165, 1.54) is 32.4 Å². The second-order valence-electron chi connectivity index (χ2n) is 4.25. The average molecular weight is 185 g/mol. The molecule has 0 N–H and O–H groups in total. The van der Waals surface area contributed by atoms with Gasteiger partial charge < -0.3 is 9.64 Å². The van der Waals surface area contributed by atoms with Crippen molar-refractivity contribution in [2.75, 3.05) is 27.2 Å². The first-order chi connectivity index (χ1) is 6.24. The number of rotatable bonds is 1. The lowest BCUT2D eigenvalue weighted by Crippen LogP contribution is -2.43. The Bertz CT molecular complexity index is 152. The van der Waals surface area contributed by atoms with Gasteiger partial charge in [-0.05, 0) is 38.3 Å². The van der Waals surface area contributed by atoms with Gasteiger partial charge in [0.05, 0.1) is 6.10 Å². The van der Waals surface area contributed by atoms with Crippen LogP contribution in [0.1, 0.15) is 33.1 Å². The Morgan fingerprint density at radius 2 is 1.92 bits per heavy atom.